The number of phenolic OH excluding ortho intramolecular Hbond substituents is 1. The first-order valence-electron chi connectivity index (χ1n) is 10.8. The highest BCUT2D eigenvalue weighted by Crippen LogP contribution is 2.40. The average molecular weight is 401 g/mol. The maximum absolute atomic E-state index is 11.1. The SMILES string of the molecule is CC(C)(C)c1ccc2cc3ccc4cc5cc6ccccc6cc5cc4c3cc2c1O. The molecular weight excluding hydrogens is 376 g/mol. The van der Waals surface area contributed by atoms with Crippen molar-refractivity contribution in [2.75, 3.05) is 0 Å². The summed E-state index contributed by atoms with van der Waals surface area (Å²) in [5.41, 5.74) is 0.875. The van der Waals surface area contributed by atoms with Gasteiger partial charge in [0.1, 0.15) is 5.75 Å². The fraction of sp³-hybridized carbons (Fsp3) is 0.133. The summed E-state index contributed by atoms with van der Waals surface area (Å²) in [6.45, 7) is 6.42. The number of rotatable bonds is 0. The molecular formula is C30H24O. The predicted molar refractivity (Wildman–Crippen MR) is 134 cm³/mol. The highest BCUT2D eigenvalue weighted by atomic mass is 16.3. The molecule has 6 aromatic carbocycles. The lowest BCUT2D eigenvalue weighted by Gasteiger charge is -2.21. The minimum absolute atomic E-state index is 0.108. The lowest BCUT2D eigenvalue weighted by atomic mass is 9.84. The van der Waals surface area contributed by atoms with Crippen LogP contribution in [0.1, 0.15) is 26.3 Å². The van der Waals surface area contributed by atoms with Gasteiger partial charge in [0.2, 0.25) is 0 Å². The minimum atomic E-state index is -0.108. The van der Waals surface area contributed by atoms with Crippen molar-refractivity contribution in [3.8, 4) is 5.75 Å². The lowest BCUT2D eigenvalue weighted by molar-refractivity contribution is 0.453. The Morgan fingerprint density at radius 1 is 0.484 bits per heavy atom. The van der Waals surface area contributed by atoms with Crippen molar-refractivity contribution in [2.24, 2.45) is 0 Å². The van der Waals surface area contributed by atoms with Crippen LogP contribution < -0.4 is 0 Å². The van der Waals surface area contributed by atoms with E-state index in [-0.39, 0.29) is 5.41 Å². The molecule has 0 atom stereocenters. The molecule has 1 nitrogen and oxygen atoms in total. The minimum Gasteiger partial charge on any atom is -0.507 e. The lowest BCUT2D eigenvalue weighted by Crippen LogP contribution is -2.11. The summed E-state index contributed by atoms with van der Waals surface area (Å²) < 4.78 is 0. The molecule has 6 rings (SSSR count). The Bertz CT molecular complexity index is 1670. The molecule has 0 aliphatic heterocycles. The molecule has 0 heterocycles. The molecule has 1 heteroatoms. The van der Waals surface area contributed by atoms with Gasteiger partial charge in [0.25, 0.3) is 0 Å². The second-order valence-corrected chi connectivity index (χ2v) is 9.69. The average Bonchev–Trinajstić information content (AvgIpc) is 2.74. The van der Waals surface area contributed by atoms with E-state index >= 15 is 0 Å². The van der Waals surface area contributed by atoms with Crippen LogP contribution in [0.5, 0.6) is 5.75 Å². The summed E-state index contributed by atoms with van der Waals surface area (Å²) in [5.74, 6) is 0.399. The van der Waals surface area contributed by atoms with Crippen molar-refractivity contribution in [3.63, 3.8) is 0 Å². The first kappa shape index (κ1) is 18.2. The highest BCUT2D eigenvalue weighted by molar-refractivity contribution is 6.16. The monoisotopic (exact) mass is 400 g/mol. The third kappa shape index (κ3) is 2.77. The molecule has 0 radical (unpaired) electrons. The van der Waals surface area contributed by atoms with Crippen LogP contribution in [0.3, 0.4) is 0 Å². The van der Waals surface area contributed by atoms with Gasteiger partial charge >= 0.3 is 0 Å². The Hall–Kier alpha value is -3.58. The van der Waals surface area contributed by atoms with Gasteiger partial charge in [0, 0.05) is 5.39 Å². The van der Waals surface area contributed by atoms with Gasteiger partial charge in [-0.25, -0.2) is 0 Å². The second kappa shape index (κ2) is 6.21. The van der Waals surface area contributed by atoms with Crippen molar-refractivity contribution >= 4 is 53.9 Å². The molecule has 0 spiro atoms. The zero-order chi connectivity index (χ0) is 21.3. The molecule has 0 bridgehead atoms. The molecule has 0 aliphatic carbocycles. The zero-order valence-electron chi connectivity index (χ0n) is 18.0. The normalized spacial score (nSPS) is 12.5. The van der Waals surface area contributed by atoms with E-state index in [2.05, 4.69) is 106 Å². The van der Waals surface area contributed by atoms with Gasteiger partial charge in [-0.1, -0.05) is 69.3 Å². The molecule has 0 saturated carbocycles. The number of aromatic hydroxyl groups is 1. The summed E-state index contributed by atoms with van der Waals surface area (Å²) in [4.78, 5) is 0. The maximum Gasteiger partial charge on any atom is 0.127 e. The van der Waals surface area contributed by atoms with Crippen LogP contribution in [0.25, 0.3) is 53.9 Å². The molecule has 6 aromatic rings. The highest BCUT2D eigenvalue weighted by Gasteiger charge is 2.20. The fourth-order valence-electron chi connectivity index (χ4n) is 4.91. The van der Waals surface area contributed by atoms with E-state index in [1.165, 1.54) is 43.1 Å². The first-order valence-corrected chi connectivity index (χ1v) is 10.8. The number of fused-ring (bicyclic) bond motifs is 6. The molecule has 0 aliphatic rings. The maximum atomic E-state index is 11.1. The van der Waals surface area contributed by atoms with Crippen molar-refractivity contribution in [1.29, 1.82) is 0 Å². The number of phenols is 1. The molecule has 0 unspecified atom stereocenters. The topological polar surface area (TPSA) is 20.2 Å². The van der Waals surface area contributed by atoms with Crippen LogP contribution in [0.4, 0.5) is 0 Å². The summed E-state index contributed by atoms with van der Waals surface area (Å²) in [7, 11) is 0. The fourth-order valence-corrected chi connectivity index (χ4v) is 4.91. The van der Waals surface area contributed by atoms with Gasteiger partial charge in [-0.15, -0.1) is 0 Å². The van der Waals surface area contributed by atoms with Crippen molar-refractivity contribution in [3.05, 3.63) is 90.5 Å². The van der Waals surface area contributed by atoms with E-state index in [0.717, 1.165) is 16.3 Å². The van der Waals surface area contributed by atoms with Crippen molar-refractivity contribution in [1.82, 2.24) is 0 Å². The molecule has 31 heavy (non-hydrogen) atoms. The van der Waals surface area contributed by atoms with Crippen LogP contribution in [0.2, 0.25) is 0 Å². The molecule has 150 valence electrons. The van der Waals surface area contributed by atoms with Gasteiger partial charge < -0.3 is 5.11 Å². The first-order chi connectivity index (χ1) is 14.9. The van der Waals surface area contributed by atoms with E-state index in [9.17, 15) is 5.11 Å². The molecule has 0 amide bonds. The largest absolute Gasteiger partial charge is 0.507 e. The Kier molecular flexibility index (Phi) is 3.65. The Morgan fingerprint density at radius 3 is 1.61 bits per heavy atom. The molecule has 0 saturated heterocycles. The standard InChI is InChI=1S/C30H24O/c1-30(2,3)28-11-10-22-14-20-8-9-21-15-23-12-18-6-4-5-7-19(18)13-24(23)16-25(21)26(20)17-27(22)29(28)31/h4-17,31H,1-3H3. The van der Waals surface area contributed by atoms with Gasteiger partial charge in [0.05, 0.1) is 0 Å². The van der Waals surface area contributed by atoms with Gasteiger partial charge in [0.15, 0.2) is 0 Å². The third-order valence-electron chi connectivity index (χ3n) is 6.58. The van der Waals surface area contributed by atoms with Crippen LogP contribution in [-0.2, 0) is 5.41 Å². The van der Waals surface area contributed by atoms with E-state index in [1.807, 2.05) is 0 Å². The van der Waals surface area contributed by atoms with E-state index in [4.69, 9.17) is 0 Å². The van der Waals surface area contributed by atoms with Crippen LogP contribution >= 0.6 is 0 Å². The Labute approximate surface area is 181 Å². The van der Waals surface area contributed by atoms with Crippen molar-refractivity contribution < 1.29 is 5.11 Å². The number of hydrogen-bond acceptors (Lipinski definition) is 1. The van der Waals surface area contributed by atoms with Crippen LogP contribution in [-0.4, -0.2) is 5.11 Å². The third-order valence-corrected chi connectivity index (χ3v) is 6.58. The smallest absolute Gasteiger partial charge is 0.127 e. The van der Waals surface area contributed by atoms with E-state index in [0.29, 0.717) is 5.75 Å². The molecule has 1 N–H and O–H groups in total. The summed E-state index contributed by atoms with van der Waals surface area (Å²) >= 11 is 0. The predicted octanol–water partition coefficient (Wildman–Crippen LogP) is 8.46. The van der Waals surface area contributed by atoms with E-state index in [1.54, 1.807) is 0 Å². The quantitative estimate of drug-likeness (QED) is 0.200. The van der Waals surface area contributed by atoms with Crippen molar-refractivity contribution in [2.45, 2.75) is 26.2 Å². The Morgan fingerprint density at radius 2 is 0.968 bits per heavy atom. The molecule has 0 aromatic heterocycles. The number of hydrogen-bond donors (Lipinski definition) is 1. The Balaban J connectivity index is 1.71. The summed E-state index contributed by atoms with van der Waals surface area (Å²) in [5, 5.41) is 22.9. The van der Waals surface area contributed by atoms with Gasteiger partial charge in [-0.2, -0.15) is 0 Å². The van der Waals surface area contributed by atoms with Gasteiger partial charge in [-0.05, 0) is 95.9 Å². The summed E-state index contributed by atoms with van der Waals surface area (Å²) in [6, 6.07) is 30.6. The summed E-state index contributed by atoms with van der Waals surface area (Å²) in [6.07, 6.45) is 0. The van der Waals surface area contributed by atoms with Gasteiger partial charge in [-0.3, -0.25) is 0 Å². The van der Waals surface area contributed by atoms with Crippen LogP contribution in [0.15, 0.2) is 84.9 Å². The molecule has 0 fully saturated rings. The number of benzene rings is 6. The second-order valence-electron chi connectivity index (χ2n) is 9.69. The van der Waals surface area contributed by atoms with Crippen LogP contribution in [0, 0.1) is 0 Å². The van der Waals surface area contributed by atoms with E-state index < -0.39 is 0 Å². The zero-order valence-corrected chi connectivity index (χ0v) is 18.0.